The van der Waals surface area contributed by atoms with Crippen LogP contribution < -0.4 is 10.6 Å². The fraction of sp³-hybridized carbons (Fsp3) is 0.500. The zero-order valence-electron chi connectivity index (χ0n) is 17.1. The average Bonchev–Trinajstić information content (AvgIpc) is 2.68. The van der Waals surface area contributed by atoms with Crippen LogP contribution in [0.3, 0.4) is 0 Å². The van der Waals surface area contributed by atoms with Gasteiger partial charge < -0.3 is 20.1 Å². The van der Waals surface area contributed by atoms with Crippen LogP contribution in [0.2, 0.25) is 0 Å². The Morgan fingerprint density at radius 3 is 1.18 bits per heavy atom. The topological polar surface area (TPSA) is 111 Å². The van der Waals surface area contributed by atoms with E-state index in [2.05, 4.69) is 10.6 Å². The van der Waals surface area contributed by atoms with Crippen molar-refractivity contribution in [1.82, 2.24) is 10.6 Å². The summed E-state index contributed by atoms with van der Waals surface area (Å²) < 4.78 is 9.40. The van der Waals surface area contributed by atoms with E-state index in [1.54, 1.807) is 27.7 Å². The van der Waals surface area contributed by atoms with Crippen LogP contribution >= 0.6 is 0 Å². The molecule has 0 saturated carbocycles. The first-order valence-corrected chi connectivity index (χ1v) is 8.99. The van der Waals surface area contributed by atoms with Gasteiger partial charge in [0.15, 0.2) is 0 Å². The highest BCUT2D eigenvalue weighted by atomic mass is 16.5. The molecule has 0 radical (unpaired) electrons. The van der Waals surface area contributed by atoms with E-state index in [4.69, 9.17) is 9.47 Å². The van der Waals surface area contributed by atoms with Crippen LogP contribution in [0.25, 0.3) is 0 Å². The second-order valence-electron chi connectivity index (χ2n) is 7.01. The molecule has 0 bridgehead atoms. The van der Waals surface area contributed by atoms with E-state index in [0.29, 0.717) is 11.1 Å². The number of amides is 2. The maximum atomic E-state index is 12.4. The average molecular weight is 392 g/mol. The second-order valence-corrected chi connectivity index (χ2v) is 7.01. The summed E-state index contributed by atoms with van der Waals surface area (Å²) in [5.74, 6) is -2.25. The zero-order chi connectivity index (χ0) is 21.4. The van der Waals surface area contributed by atoms with E-state index < -0.39 is 35.8 Å². The fourth-order valence-corrected chi connectivity index (χ4v) is 2.47. The first-order valence-electron chi connectivity index (χ1n) is 8.99. The summed E-state index contributed by atoms with van der Waals surface area (Å²) in [6.45, 7) is 7.17. The number of rotatable bonds is 8. The molecule has 1 aromatic carbocycles. The minimum absolute atomic E-state index is 0.146. The number of nitrogens with one attached hydrogen (secondary N) is 2. The van der Waals surface area contributed by atoms with Crippen molar-refractivity contribution < 1.29 is 28.7 Å². The Bertz CT molecular complexity index is 651. The summed E-state index contributed by atoms with van der Waals surface area (Å²) in [7, 11) is 2.52. The third-order valence-corrected chi connectivity index (χ3v) is 4.23. The Morgan fingerprint density at radius 1 is 0.679 bits per heavy atom. The lowest BCUT2D eigenvalue weighted by molar-refractivity contribution is -0.144. The summed E-state index contributed by atoms with van der Waals surface area (Å²) in [6, 6.07) is 4.35. The number of carbonyl (C=O) groups is 4. The molecular weight excluding hydrogens is 364 g/mol. The van der Waals surface area contributed by atoms with Crippen molar-refractivity contribution in [3.63, 3.8) is 0 Å². The number of esters is 2. The van der Waals surface area contributed by atoms with E-state index in [1.807, 2.05) is 0 Å². The Morgan fingerprint density at radius 2 is 0.964 bits per heavy atom. The van der Waals surface area contributed by atoms with Crippen LogP contribution in [0.1, 0.15) is 48.4 Å². The quantitative estimate of drug-likeness (QED) is 0.649. The van der Waals surface area contributed by atoms with E-state index in [1.165, 1.54) is 38.5 Å². The Labute approximate surface area is 165 Å². The molecule has 1 aromatic rings. The molecule has 154 valence electrons. The summed E-state index contributed by atoms with van der Waals surface area (Å²) in [4.78, 5) is 48.3. The lowest BCUT2D eigenvalue weighted by atomic mass is 10.0. The van der Waals surface area contributed by atoms with Crippen LogP contribution in [-0.2, 0) is 19.1 Å². The predicted octanol–water partition coefficient (Wildman–Crippen LogP) is 1.54. The molecule has 8 nitrogen and oxygen atoms in total. The molecule has 0 spiro atoms. The van der Waals surface area contributed by atoms with Crippen molar-refractivity contribution in [1.29, 1.82) is 0 Å². The van der Waals surface area contributed by atoms with Gasteiger partial charge in [-0.3, -0.25) is 9.59 Å². The van der Waals surface area contributed by atoms with Crippen molar-refractivity contribution in [3.8, 4) is 0 Å². The van der Waals surface area contributed by atoms with Gasteiger partial charge in [0.25, 0.3) is 11.8 Å². The van der Waals surface area contributed by atoms with E-state index in [-0.39, 0.29) is 11.8 Å². The Hall–Kier alpha value is -2.90. The first kappa shape index (κ1) is 23.1. The van der Waals surface area contributed by atoms with Gasteiger partial charge in [-0.05, 0) is 36.1 Å². The smallest absolute Gasteiger partial charge is 0.328 e. The van der Waals surface area contributed by atoms with Gasteiger partial charge in [-0.2, -0.15) is 0 Å². The van der Waals surface area contributed by atoms with Crippen molar-refractivity contribution in [2.24, 2.45) is 11.8 Å². The molecule has 2 amide bonds. The molecule has 0 fully saturated rings. The molecule has 8 heteroatoms. The van der Waals surface area contributed by atoms with E-state index in [0.717, 1.165) is 0 Å². The number of hydrogen-bond donors (Lipinski definition) is 2. The molecule has 28 heavy (non-hydrogen) atoms. The Kier molecular flexibility index (Phi) is 8.63. The van der Waals surface area contributed by atoms with Crippen LogP contribution in [0, 0.1) is 11.8 Å². The van der Waals surface area contributed by atoms with Crippen LogP contribution in [-0.4, -0.2) is 50.1 Å². The largest absolute Gasteiger partial charge is 0.467 e. The number of benzene rings is 1. The minimum Gasteiger partial charge on any atom is -0.467 e. The molecule has 2 atom stereocenters. The van der Waals surface area contributed by atoms with Gasteiger partial charge in [0, 0.05) is 11.1 Å². The molecule has 2 N–H and O–H groups in total. The lowest BCUT2D eigenvalue weighted by Gasteiger charge is -2.20. The monoisotopic (exact) mass is 392 g/mol. The third-order valence-electron chi connectivity index (χ3n) is 4.23. The SMILES string of the molecule is COC(=O)[C@@H](NC(=O)c1ccc(C(=O)N[C@@H](C(=O)OC)C(C)C)cc1)C(C)C. The molecule has 0 aliphatic rings. The molecule has 0 unspecified atom stereocenters. The van der Waals surface area contributed by atoms with Crippen LogP contribution in [0.15, 0.2) is 24.3 Å². The highest BCUT2D eigenvalue weighted by Crippen LogP contribution is 2.10. The number of hydrogen-bond acceptors (Lipinski definition) is 6. The number of ether oxygens (including phenoxy) is 2. The van der Waals surface area contributed by atoms with Crippen LogP contribution in [0.4, 0.5) is 0 Å². The minimum atomic E-state index is -0.771. The van der Waals surface area contributed by atoms with Gasteiger partial charge in [-0.25, -0.2) is 9.59 Å². The molecule has 0 saturated heterocycles. The van der Waals surface area contributed by atoms with Gasteiger partial charge in [-0.15, -0.1) is 0 Å². The summed E-state index contributed by atoms with van der Waals surface area (Å²) in [5.41, 5.74) is 0.582. The summed E-state index contributed by atoms with van der Waals surface area (Å²) >= 11 is 0. The van der Waals surface area contributed by atoms with Gasteiger partial charge in [-0.1, -0.05) is 27.7 Å². The van der Waals surface area contributed by atoms with Crippen molar-refractivity contribution in [3.05, 3.63) is 35.4 Å². The van der Waals surface area contributed by atoms with E-state index in [9.17, 15) is 19.2 Å². The molecule has 1 rings (SSSR count). The number of methoxy groups -OCH3 is 2. The highest BCUT2D eigenvalue weighted by molar-refractivity contribution is 6.00. The maximum Gasteiger partial charge on any atom is 0.328 e. The van der Waals surface area contributed by atoms with E-state index >= 15 is 0 Å². The fourth-order valence-electron chi connectivity index (χ4n) is 2.47. The van der Waals surface area contributed by atoms with Gasteiger partial charge in [0.2, 0.25) is 0 Å². The highest BCUT2D eigenvalue weighted by Gasteiger charge is 2.27. The normalized spacial score (nSPS) is 12.9. The Balaban J connectivity index is 2.87. The third kappa shape index (κ3) is 6.07. The van der Waals surface area contributed by atoms with Crippen molar-refractivity contribution in [2.75, 3.05) is 14.2 Å². The van der Waals surface area contributed by atoms with Gasteiger partial charge in [0.05, 0.1) is 14.2 Å². The molecule has 0 aliphatic carbocycles. The molecular formula is C20H28N2O6. The summed E-state index contributed by atoms with van der Waals surface area (Å²) in [6.07, 6.45) is 0. The molecule has 0 aliphatic heterocycles. The van der Waals surface area contributed by atoms with Crippen LogP contribution in [0.5, 0.6) is 0 Å². The zero-order valence-corrected chi connectivity index (χ0v) is 17.1. The number of carbonyl (C=O) groups excluding carboxylic acids is 4. The maximum absolute atomic E-state index is 12.4. The standard InChI is InChI=1S/C20H28N2O6/c1-11(2)15(19(25)27-5)21-17(23)13-7-9-14(10-8-13)18(24)22-16(12(3)4)20(26)28-6/h7-12,15-16H,1-6H3,(H,21,23)(H,22,24)/t15-,16+. The van der Waals surface area contributed by atoms with Gasteiger partial charge in [0.1, 0.15) is 12.1 Å². The second kappa shape index (κ2) is 10.4. The first-order chi connectivity index (χ1) is 13.1. The van der Waals surface area contributed by atoms with Crippen molar-refractivity contribution >= 4 is 23.8 Å². The van der Waals surface area contributed by atoms with Gasteiger partial charge >= 0.3 is 11.9 Å². The molecule has 0 aromatic heterocycles. The summed E-state index contributed by atoms with van der Waals surface area (Å²) in [5, 5.41) is 5.25. The predicted molar refractivity (Wildman–Crippen MR) is 103 cm³/mol. The lowest BCUT2D eigenvalue weighted by Crippen LogP contribution is -2.45. The van der Waals surface area contributed by atoms with Crippen molar-refractivity contribution in [2.45, 2.75) is 39.8 Å². The molecule has 0 heterocycles.